The first-order chi connectivity index (χ1) is 14.5. The summed E-state index contributed by atoms with van der Waals surface area (Å²) < 4.78 is 14.0. The number of hydrogen-bond donors (Lipinski definition) is 1. The van der Waals surface area contributed by atoms with E-state index >= 15 is 0 Å². The molecule has 0 saturated carbocycles. The molecule has 0 fully saturated rings. The lowest BCUT2D eigenvalue weighted by atomic mass is 10.1. The van der Waals surface area contributed by atoms with Crippen molar-refractivity contribution in [3.63, 3.8) is 0 Å². The Balaban J connectivity index is 2.57. The molecule has 1 aromatic carbocycles. The van der Waals surface area contributed by atoms with E-state index < -0.39 is 0 Å². The van der Waals surface area contributed by atoms with E-state index in [-0.39, 0.29) is 11.7 Å². The Kier molecular flexibility index (Phi) is 9.78. The molecule has 0 radical (unpaired) electrons. The first kappa shape index (κ1) is 23.8. The fraction of sp³-hybridized carbons (Fsp3) is 0.560. The van der Waals surface area contributed by atoms with Gasteiger partial charge in [-0.1, -0.05) is 45.6 Å². The number of aromatic nitrogens is 1. The van der Waals surface area contributed by atoms with E-state index in [4.69, 9.17) is 9.47 Å². The highest BCUT2D eigenvalue weighted by atomic mass is 16.5. The molecule has 0 saturated heterocycles. The molecule has 2 rings (SSSR count). The van der Waals surface area contributed by atoms with E-state index in [9.17, 15) is 4.79 Å². The second-order valence-electron chi connectivity index (χ2n) is 7.95. The third-order valence-corrected chi connectivity index (χ3v) is 4.96. The Bertz CT molecular complexity index is 871. The van der Waals surface area contributed by atoms with Gasteiger partial charge in [-0.3, -0.25) is 4.79 Å². The van der Waals surface area contributed by atoms with Crippen LogP contribution in [0.5, 0.6) is 11.5 Å². The molecule has 30 heavy (non-hydrogen) atoms. The molecule has 1 aromatic heterocycles. The van der Waals surface area contributed by atoms with Crippen LogP contribution in [0.1, 0.15) is 66.2 Å². The van der Waals surface area contributed by atoms with Gasteiger partial charge in [-0.25, -0.2) is 0 Å². The molecule has 166 valence electrons. The highest BCUT2D eigenvalue weighted by Crippen LogP contribution is 2.35. The largest absolute Gasteiger partial charge is 0.489 e. The monoisotopic (exact) mass is 414 g/mol. The molecule has 1 heterocycles. The number of rotatable bonds is 14. The van der Waals surface area contributed by atoms with E-state index in [0.717, 1.165) is 42.3 Å². The fourth-order valence-electron chi connectivity index (χ4n) is 3.42. The van der Waals surface area contributed by atoms with Gasteiger partial charge in [0.2, 0.25) is 5.75 Å². The molecule has 0 spiro atoms. The van der Waals surface area contributed by atoms with Gasteiger partial charge >= 0.3 is 0 Å². The topological polar surface area (TPSA) is 52.5 Å². The maximum Gasteiger partial charge on any atom is 0.297 e. The van der Waals surface area contributed by atoms with Crippen molar-refractivity contribution < 1.29 is 9.47 Å². The zero-order valence-corrected chi connectivity index (χ0v) is 19.1. The molecule has 0 amide bonds. The summed E-state index contributed by atoms with van der Waals surface area (Å²) in [5.74, 6) is 0.902. The van der Waals surface area contributed by atoms with Crippen LogP contribution >= 0.6 is 0 Å². The van der Waals surface area contributed by atoms with Crippen molar-refractivity contribution in [2.24, 2.45) is 0 Å². The number of unbranched alkanes of at least 4 members (excludes halogenated alkanes) is 4. The Morgan fingerprint density at radius 3 is 2.53 bits per heavy atom. The van der Waals surface area contributed by atoms with Crippen molar-refractivity contribution in [2.75, 3.05) is 18.5 Å². The molecular formula is C25H38N2O3. The van der Waals surface area contributed by atoms with Gasteiger partial charge in [-0.15, -0.1) is 6.58 Å². The highest BCUT2D eigenvalue weighted by Gasteiger charge is 2.21. The van der Waals surface area contributed by atoms with Crippen molar-refractivity contribution in [3.05, 3.63) is 41.2 Å². The van der Waals surface area contributed by atoms with Crippen LogP contribution < -0.4 is 20.3 Å². The summed E-state index contributed by atoms with van der Waals surface area (Å²) in [6.07, 6.45) is 8.11. The molecule has 0 aliphatic carbocycles. The smallest absolute Gasteiger partial charge is 0.297 e. The van der Waals surface area contributed by atoms with Crippen LogP contribution in [0, 0.1) is 0 Å². The van der Waals surface area contributed by atoms with Gasteiger partial charge in [0.05, 0.1) is 18.2 Å². The Morgan fingerprint density at radius 2 is 1.87 bits per heavy atom. The summed E-state index contributed by atoms with van der Waals surface area (Å²) in [5.41, 5.74) is 1.72. The average Bonchev–Trinajstić information content (AvgIpc) is 2.73. The van der Waals surface area contributed by atoms with Gasteiger partial charge < -0.3 is 19.4 Å². The van der Waals surface area contributed by atoms with Gasteiger partial charge in [0.15, 0.2) is 5.75 Å². The van der Waals surface area contributed by atoms with Crippen LogP contribution in [0.4, 0.5) is 5.69 Å². The van der Waals surface area contributed by atoms with E-state index in [1.54, 1.807) is 0 Å². The Hall–Kier alpha value is -2.43. The Labute approximate surface area is 181 Å². The summed E-state index contributed by atoms with van der Waals surface area (Å²) in [4.78, 5) is 13.4. The SMILES string of the molecule is C=CCNc1ccc2c(OCCCCCC)c(OC(C)C)c(=O)n(CCCC)c2c1. The van der Waals surface area contributed by atoms with E-state index in [1.165, 1.54) is 12.8 Å². The van der Waals surface area contributed by atoms with Gasteiger partial charge in [-0.2, -0.15) is 0 Å². The number of nitrogens with zero attached hydrogens (tertiary/aromatic N) is 1. The summed E-state index contributed by atoms with van der Waals surface area (Å²) in [7, 11) is 0. The van der Waals surface area contributed by atoms with Gasteiger partial charge in [0, 0.05) is 24.2 Å². The average molecular weight is 415 g/mol. The summed E-state index contributed by atoms with van der Waals surface area (Å²) >= 11 is 0. The van der Waals surface area contributed by atoms with Gasteiger partial charge in [0.25, 0.3) is 5.56 Å². The molecule has 0 atom stereocenters. The number of anilines is 1. The van der Waals surface area contributed by atoms with Crippen molar-refractivity contribution in [1.29, 1.82) is 0 Å². The maximum absolute atomic E-state index is 13.4. The van der Waals surface area contributed by atoms with Crippen LogP contribution in [-0.2, 0) is 6.54 Å². The number of pyridine rings is 1. The van der Waals surface area contributed by atoms with E-state index in [2.05, 4.69) is 25.7 Å². The minimum Gasteiger partial charge on any atom is -0.489 e. The molecule has 1 N–H and O–H groups in total. The molecular weight excluding hydrogens is 376 g/mol. The van der Waals surface area contributed by atoms with Gasteiger partial charge in [0.1, 0.15) is 0 Å². The number of aryl methyl sites for hydroxylation is 1. The number of ether oxygens (including phenoxy) is 2. The lowest BCUT2D eigenvalue weighted by molar-refractivity contribution is 0.216. The van der Waals surface area contributed by atoms with Crippen LogP contribution in [-0.4, -0.2) is 23.8 Å². The van der Waals surface area contributed by atoms with Gasteiger partial charge in [-0.05, 0) is 44.9 Å². The van der Waals surface area contributed by atoms with Crippen molar-refractivity contribution in [2.45, 2.75) is 78.9 Å². The molecule has 0 unspecified atom stereocenters. The first-order valence-corrected chi connectivity index (χ1v) is 11.4. The Morgan fingerprint density at radius 1 is 1.10 bits per heavy atom. The minimum atomic E-state index is -0.117. The van der Waals surface area contributed by atoms with E-state index in [0.29, 0.717) is 31.2 Å². The zero-order chi connectivity index (χ0) is 21.9. The predicted molar refractivity (Wildman–Crippen MR) is 127 cm³/mol. The number of fused-ring (bicyclic) bond motifs is 1. The fourth-order valence-corrected chi connectivity index (χ4v) is 3.42. The number of nitrogens with one attached hydrogen (secondary N) is 1. The molecule has 5 nitrogen and oxygen atoms in total. The second kappa shape index (κ2) is 12.3. The third kappa shape index (κ3) is 6.28. The number of benzene rings is 1. The summed E-state index contributed by atoms with van der Waals surface area (Å²) in [6.45, 7) is 13.9. The molecule has 2 aromatic rings. The molecule has 0 aliphatic rings. The number of hydrogen-bond acceptors (Lipinski definition) is 4. The zero-order valence-electron chi connectivity index (χ0n) is 19.1. The van der Waals surface area contributed by atoms with Crippen molar-refractivity contribution >= 4 is 16.6 Å². The molecule has 5 heteroatoms. The van der Waals surface area contributed by atoms with Crippen LogP contribution in [0.2, 0.25) is 0 Å². The predicted octanol–water partition coefficient (Wildman–Crippen LogP) is 6.15. The lowest BCUT2D eigenvalue weighted by Gasteiger charge is -2.20. The lowest BCUT2D eigenvalue weighted by Crippen LogP contribution is -2.25. The normalized spacial score (nSPS) is 11.1. The van der Waals surface area contributed by atoms with Crippen LogP contribution in [0.15, 0.2) is 35.6 Å². The maximum atomic E-state index is 13.4. The van der Waals surface area contributed by atoms with Crippen LogP contribution in [0.3, 0.4) is 0 Å². The highest BCUT2D eigenvalue weighted by molar-refractivity contribution is 5.90. The third-order valence-electron chi connectivity index (χ3n) is 4.96. The minimum absolute atomic E-state index is 0.106. The first-order valence-electron chi connectivity index (χ1n) is 11.4. The van der Waals surface area contributed by atoms with Crippen LogP contribution in [0.25, 0.3) is 10.9 Å². The summed E-state index contributed by atoms with van der Waals surface area (Å²) in [5, 5.41) is 4.23. The van der Waals surface area contributed by atoms with Crippen molar-refractivity contribution in [1.82, 2.24) is 4.57 Å². The quantitative estimate of drug-likeness (QED) is 0.298. The molecule has 0 aliphatic heterocycles. The van der Waals surface area contributed by atoms with Crippen molar-refractivity contribution in [3.8, 4) is 11.5 Å². The molecule has 0 bridgehead atoms. The standard InChI is InChI=1S/C25H38N2O3/c1-6-9-11-12-17-29-23-21-14-13-20(26-15-8-3)18-22(21)27(16-10-7-2)25(28)24(23)30-19(4)5/h8,13-14,18-19,26H,3,6-7,9-12,15-17H2,1-2,4-5H3. The second-order valence-corrected chi connectivity index (χ2v) is 7.95. The summed E-state index contributed by atoms with van der Waals surface area (Å²) in [6, 6.07) is 6.07. The van der Waals surface area contributed by atoms with E-state index in [1.807, 2.05) is 42.7 Å².